The van der Waals surface area contributed by atoms with Crippen LogP contribution in [0.1, 0.15) is 37.2 Å². The van der Waals surface area contributed by atoms with Gasteiger partial charge in [-0.3, -0.25) is 4.79 Å². The Kier molecular flexibility index (Phi) is 5.63. The lowest BCUT2D eigenvalue weighted by Gasteiger charge is -2.16. The second-order valence-corrected chi connectivity index (χ2v) is 5.67. The molecule has 2 N–H and O–H groups in total. The first-order chi connectivity index (χ1) is 11.8. The third-order valence-electron chi connectivity index (χ3n) is 3.49. The average molecular weight is 347 g/mol. The lowest BCUT2D eigenvalue weighted by molar-refractivity contribution is -0.123. The molecule has 1 amide bonds. The first-order valence-corrected chi connectivity index (χ1v) is 7.75. The zero-order valence-corrected chi connectivity index (χ0v) is 14.5. The molecule has 0 aliphatic carbocycles. The maximum Gasteiger partial charge on any atom is 0.342 e. The Balaban J connectivity index is 2.03. The number of rotatable bonds is 6. The summed E-state index contributed by atoms with van der Waals surface area (Å²) in [5.41, 5.74) is -0.0485. The van der Waals surface area contributed by atoms with Gasteiger partial charge in [-0.2, -0.15) is 5.10 Å². The van der Waals surface area contributed by atoms with E-state index in [1.54, 1.807) is 16.9 Å². The third kappa shape index (κ3) is 4.28. The van der Waals surface area contributed by atoms with Crippen LogP contribution in [0.2, 0.25) is 0 Å². The Bertz CT molecular complexity index is 769. The molecule has 0 spiro atoms. The van der Waals surface area contributed by atoms with Crippen LogP contribution >= 0.6 is 0 Å². The average Bonchev–Trinajstić information content (AvgIpc) is 3.02. The van der Waals surface area contributed by atoms with Crippen molar-refractivity contribution in [1.82, 2.24) is 9.78 Å². The van der Waals surface area contributed by atoms with E-state index in [4.69, 9.17) is 9.47 Å². The van der Waals surface area contributed by atoms with Crippen molar-refractivity contribution in [3.05, 3.63) is 36.0 Å². The van der Waals surface area contributed by atoms with E-state index in [0.717, 1.165) is 0 Å². The molecular formula is C17H21N3O5. The largest absolute Gasteiger partial charge is 0.507 e. The molecule has 0 radical (unpaired) electrons. The monoisotopic (exact) mass is 347 g/mol. The van der Waals surface area contributed by atoms with E-state index >= 15 is 0 Å². The van der Waals surface area contributed by atoms with E-state index in [9.17, 15) is 14.7 Å². The number of hydrogen-bond acceptors (Lipinski definition) is 6. The molecule has 0 saturated carbocycles. The van der Waals surface area contributed by atoms with Crippen molar-refractivity contribution < 1.29 is 24.2 Å². The fourth-order valence-corrected chi connectivity index (χ4v) is 2.14. The zero-order chi connectivity index (χ0) is 18.6. The van der Waals surface area contributed by atoms with Crippen molar-refractivity contribution >= 4 is 17.7 Å². The number of amides is 1. The first-order valence-electron chi connectivity index (χ1n) is 7.75. The highest BCUT2D eigenvalue weighted by molar-refractivity contribution is 5.98. The van der Waals surface area contributed by atoms with Crippen molar-refractivity contribution in [3.8, 4) is 11.5 Å². The number of aromatic hydroxyl groups is 1. The van der Waals surface area contributed by atoms with Gasteiger partial charge < -0.3 is 19.9 Å². The van der Waals surface area contributed by atoms with Gasteiger partial charge in [0, 0.05) is 18.2 Å². The van der Waals surface area contributed by atoms with Crippen LogP contribution < -0.4 is 10.1 Å². The van der Waals surface area contributed by atoms with Crippen molar-refractivity contribution in [2.24, 2.45) is 0 Å². The molecule has 0 aliphatic rings. The molecule has 1 aromatic carbocycles. The number of carbonyl (C=O) groups excluding carboxylic acids is 2. The lowest BCUT2D eigenvalue weighted by atomic mass is 10.2. The molecule has 134 valence electrons. The van der Waals surface area contributed by atoms with Crippen LogP contribution in [0.3, 0.4) is 0 Å². The number of nitrogens with one attached hydrogen (secondary N) is 1. The number of carbonyl (C=O) groups is 2. The number of esters is 1. The van der Waals surface area contributed by atoms with Crippen LogP contribution in [-0.2, 0) is 9.53 Å². The molecule has 0 aliphatic heterocycles. The minimum atomic E-state index is -1.05. The standard InChI is InChI=1S/C17H21N3O5/c1-10(2)20-15(7-8-18-20)19-16(22)11(3)25-17(23)13-6-5-12(24-4)9-14(13)21/h5-11,21H,1-4H3,(H,19,22)/t11-/m1/s1. The quantitative estimate of drug-likeness (QED) is 0.778. The number of ether oxygens (including phenoxy) is 2. The number of phenols is 1. The number of aromatic nitrogens is 2. The molecule has 0 fully saturated rings. The molecule has 2 aromatic rings. The summed E-state index contributed by atoms with van der Waals surface area (Å²) in [4.78, 5) is 24.4. The second-order valence-electron chi connectivity index (χ2n) is 5.67. The summed E-state index contributed by atoms with van der Waals surface area (Å²) >= 11 is 0. The van der Waals surface area contributed by atoms with E-state index in [1.165, 1.54) is 32.2 Å². The van der Waals surface area contributed by atoms with Gasteiger partial charge in [-0.1, -0.05) is 0 Å². The van der Waals surface area contributed by atoms with Gasteiger partial charge >= 0.3 is 5.97 Å². The molecule has 0 bridgehead atoms. The summed E-state index contributed by atoms with van der Waals surface area (Å²) in [6.45, 7) is 5.31. The molecule has 1 atom stereocenters. The minimum absolute atomic E-state index is 0.0485. The summed E-state index contributed by atoms with van der Waals surface area (Å²) in [7, 11) is 1.45. The number of benzene rings is 1. The van der Waals surface area contributed by atoms with Crippen molar-refractivity contribution in [2.45, 2.75) is 32.9 Å². The third-order valence-corrected chi connectivity index (χ3v) is 3.49. The number of methoxy groups -OCH3 is 1. The lowest BCUT2D eigenvalue weighted by Crippen LogP contribution is -2.31. The van der Waals surface area contributed by atoms with Gasteiger partial charge in [0.15, 0.2) is 6.10 Å². The fourth-order valence-electron chi connectivity index (χ4n) is 2.14. The van der Waals surface area contributed by atoms with Gasteiger partial charge in [0.2, 0.25) is 0 Å². The number of phenolic OH excluding ortho intramolecular Hbond substituents is 1. The van der Waals surface area contributed by atoms with E-state index in [2.05, 4.69) is 10.4 Å². The van der Waals surface area contributed by atoms with Gasteiger partial charge in [0.25, 0.3) is 5.91 Å². The Morgan fingerprint density at radius 1 is 1.24 bits per heavy atom. The first kappa shape index (κ1) is 18.3. The minimum Gasteiger partial charge on any atom is -0.507 e. The Labute approximate surface area is 145 Å². The van der Waals surface area contributed by atoms with Gasteiger partial charge in [0.05, 0.1) is 13.3 Å². The number of nitrogens with zero attached hydrogens (tertiary/aromatic N) is 2. The molecule has 8 heteroatoms. The van der Waals surface area contributed by atoms with Crippen LogP contribution in [0.4, 0.5) is 5.82 Å². The SMILES string of the molecule is COc1ccc(C(=O)O[C@H](C)C(=O)Nc2ccnn2C(C)C)c(O)c1. The maximum absolute atomic E-state index is 12.2. The highest BCUT2D eigenvalue weighted by atomic mass is 16.5. The second kappa shape index (κ2) is 7.69. The van der Waals surface area contributed by atoms with Gasteiger partial charge in [-0.05, 0) is 32.9 Å². The molecular weight excluding hydrogens is 326 g/mol. The summed E-state index contributed by atoms with van der Waals surface area (Å²) in [6, 6.07) is 5.90. The normalized spacial score (nSPS) is 11.9. The predicted octanol–water partition coefficient (Wildman–Crippen LogP) is 2.36. The summed E-state index contributed by atoms with van der Waals surface area (Å²) in [5, 5.41) is 16.6. The number of hydrogen-bond donors (Lipinski definition) is 2. The fraction of sp³-hybridized carbons (Fsp3) is 0.353. The summed E-state index contributed by atoms with van der Waals surface area (Å²) in [6.07, 6.45) is 0.520. The molecule has 1 aromatic heterocycles. The van der Waals surface area contributed by atoms with E-state index in [-0.39, 0.29) is 17.4 Å². The van der Waals surface area contributed by atoms with Crippen molar-refractivity contribution in [1.29, 1.82) is 0 Å². The molecule has 25 heavy (non-hydrogen) atoms. The molecule has 8 nitrogen and oxygen atoms in total. The molecule has 0 unspecified atom stereocenters. The van der Waals surface area contributed by atoms with E-state index in [0.29, 0.717) is 11.6 Å². The Hall–Kier alpha value is -3.03. The van der Waals surface area contributed by atoms with Gasteiger partial charge in [-0.25, -0.2) is 9.48 Å². The molecule has 1 heterocycles. The summed E-state index contributed by atoms with van der Waals surface area (Å²) < 4.78 is 11.7. The van der Waals surface area contributed by atoms with E-state index in [1.807, 2.05) is 13.8 Å². The maximum atomic E-state index is 12.2. The van der Waals surface area contributed by atoms with Crippen LogP contribution in [0.25, 0.3) is 0 Å². The van der Waals surface area contributed by atoms with Gasteiger partial charge in [0.1, 0.15) is 22.9 Å². The smallest absolute Gasteiger partial charge is 0.342 e. The van der Waals surface area contributed by atoms with E-state index < -0.39 is 18.0 Å². The topological polar surface area (TPSA) is 103 Å². The highest BCUT2D eigenvalue weighted by Crippen LogP contribution is 2.24. The summed E-state index contributed by atoms with van der Waals surface area (Å²) in [5.74, 6) is -0.671. The van der Waals surface area contributed by atoms with Crippen LogP contribution in [0, 0.1) is 0 Å². The van der Waals surface area contributed by atoms with Crippen molar-refractivity contribution in [2.75, 3.05) is 12.4 Å². The zero-order valence-electron chi connectivity index (χ0n) is 14.5. The molecule has 2 rings (SSSR count). The number of anilines is 1. The Morgan fingerprint density at radius 3 is 2.56 bits per heavy atom. The Morgan fingerprint density at radius 2 is 1.96 bits per heavy atom. The highest BCUT2D eigenvalue weighted by Gasteiger charge is 2.22. The molecule has 0 saturated heterocycles. The van der Waals surface area contributed by atoms with Crippen LogP contribution in [0.5, 0.6) is 11.5 Å². The van der Waals surface area contributed by atoms with Crippen molar-refractivity contribution in [3.63, 3.8) is 0 Å². The van der Waals surface area contributed by atoms with Gasteiger partial charge in [-0.15, -0.1) is 0 Å². The van der Waals surface area contributed by atoms with Crippen LogP contribution in [0.15, 0.2) is 30.5 Å². The predicted molar refractivity (Wildman–Crippen MR) is 90.8 cm³/mol. The van der Waals surface area contributed by atoms with Crippen LogP contribution in [-0.4, -0.2) is 40.0 Å².